The lowest BCUT2D eigenvalue weighted by Gasteiger charge is -2.17. The number of carbonyl (C=O) groups excluding carboxylic acids is 1. The predicted molar refractivity (Wildman–Crippen MR) is 89.9 cm³/mol. The number of carbonyl (C=O) groups is 1. The zero-order valence-electron chi connectivity index (χ0n) is 13.1. The molecule has 0 unspecified atom stereocenters. The van der Waals surface area contributed by atoms with Crippen molar-refractivity contribution in [2.45, 2.75) is 26.8 Å². The first-order valence-electron chi connectivity index (χ1n) is 7.11. The second-order valence-electron chi connectivity index (χ2n) is 5.48. The zero-order valence-corrected chi connectivity index (χ0v) is 13.8. The van der Waals surface area contributed by atoms with Gasteiger partial charge in [-0.1, -0.05) is 35.4 Å². The van der Waals surface area contributed by atoms with Crippen molar-refractivity contribution in [2.24, 2.45) is 0 Å². The number of aryl methyl sites for hydroxylation is 2. The summed E-state index contributed by atoms with van der Waals surface area (Å²) in [6.45, 7) is 5.88. The van der Waals surface area contributed by atoms with E-state index in [1.165, 1.54) is 18.2 Å². The van der Waals surface area contributed by atoms with Crippen LogP contribution in [0.2, 0.25) is 5.02 Å². The van der Waals surface area contributed by atoms with E-state index in [4.69, 9.17) is 11.6 Å². The SMILES string of the molecule is Cc1ccc([C@@H](C)NC(=O)c2ccc([N+](=O)[O-])cc2Cl)c(C)c1. The summed E-state index contributed by atoms with van der Waals surface area (Å²) in [7, 11) is 0. The van der Waals surface area contributed by atoms with Crippen LogP contribution in [0.4, 0.5) is 5.69 Å². The minimum Gasteiger partial charge on any atom is -0.345 e. The number of nitrogens with zero attached hydrogens (tertiary/aromatic N) is 1. The maximum absolute atomic E-state index is 12.3. The molecule has 0 saturated heterocycles. The van der Waals surface area contributed by atoms with Gasteiger partial charge in [0.2, 0.25) is 0 Å². The molecule has 0 heterocycles. The minimum atomic E-state index is -0.550. The highest BCUT2D eigenvalue weighted by atomic mass is 35.5. The third-order valence-corrected chi connectivity index (χ3v) is 3.96. The molecule has 5 nitrogen and oxygen atoms in total. The zero-order chi connectivity index (χ0) is 17.1. The third kappa shape index (κ3) is 3.87. The van der Waals surface area contributed by atoms with E-state index in [1.54, 1.807) is 0 Å². The van der Waals surface area contributed by atoms with Crippen LogP contribution in [-0.4, -0.2) is 10.8 Å². The average Bonchev–Trinajstić information content (AvgIpc) is 2.46. The van der Waals surface area contributed by atoms with Crippen molar-refractivity contribution in [3.8, 4) is 0 Å². The number of nitrogens with one attached hydrogen (secondary N) is 1. The predicted octanol–water partition coefficient (Wildman–Crippen LogP) is 4.36. The first-order valence-corrected chi connectivity index (χ1v) is 7.49. The molecular weight excluding hydrogens is 316 g/mol. The van der Waals surface area contributed by atoms with Gasteiger partial charge in [0.1, 0.15) is 0 Å². The molecule has 0 saturated carbocycles. The molecule has 0 bridgehead atoms. The number of hydrogen-bond donors (Lipinski definition) is 1. The standard InChI is InChI=1S/C17H17ClN2O3/c1-10-4-6-14(11(2)8-10)12(3)19-17(21)15-7-5-13(20(22)23)9-16(15)18/h4-9,12H,1-3H3,(H,19,21)/t12-/m1/s1. The van der Waals surface area contributed by atoms with E-state index in [1.807, 2.05) is 32.9 Å². The Labute approximate surface area is 139 Å². The molecule has 0 aliphatic heterocycles. The van der Waals surface area contributed by atoms with Crippen LogP contribution in [0.1, 0.15) is 40.0 Å². The fourth-order valence-electron chi connectivity index (χ4n) is 2.47. The van der Waals surface area contributed by atoms with Crippen molar-refractivity contribution in [3.63, 3.8) is 0 Å². The van der Waals surface area contributed by atoms with Crippen LogP contribution in [-0.2, 0) is 0 Å². The Morgan fingerprint density at radius 1 is 1.22 bits per heavy atom. The van der Waals surface area contributed by atoms with Gasteiger partial charge in [0.15, 0.2) is 0 Å². The molecule has 0 aliphatic rings. The summed E-state index contributed by atoms with van der Waals surface area (Å²) in [5.74, 6) is -0.364. The van der Waals surface area contributed by atoms with Gasteiger partial charge in [0, 0.05) is 12.1 Å². The Morgan fingerprint density at radius 2 is 1.91 bits per heavy atom. The molecule has 0 fully saturated rings. The van der Waals surface area contributed by atoms with E-state index in [2.05, 4.69) is 11.4 Å². The van der Waals surface area contributed by atoms with Crippen molar-refractivity contribution in [3.05, 3.63) is 73.8 Å². The third-order valence-electron chi connectivity index (χ3n) is 3.65. The van der Waals surface area contributed by atoms with Crippen molar-refractivity contribution in [1.82, 2.24) is 5.32 Å². The van der Waals surface area contributed by atoms with Crippen molar-refractivity contribution < 1.29 is 9.72 Å². The van der Waals surface area contributed by atoms with Crippen molar-refractivity contribution >= 4 is 23.2 Å². The maximum atomic E-state index is 12.3. The molecule has 0 aromatic heterocycles. The van der Waals surface area contributed by atoms with Gasteiger partial charge in [0.05, 0.1) is 21.6 Å². The maximum Gasteiger partial charge on any atom is 0.270 e. The van der Waals surface area contributed by atoms with Gasteiger partial charge in [-0.25, -0.2) is 0 Å². The molecule has 2 aromatic carbocycles. The van der Waals surface area contributed by atoms with Gasteiger partial charge < -0.3 is 5.32 Å². The fourth-order valence-corrected chi connectivity index (χ4v) is 2.73. The second-order valence-corrected chi connectivity index (χ2v) is 5.88. The Morgan fingerprint density at radius 3 is 2.48 bits per heavy atom. The molecule has 1 atom stereocenters. The minimum absolute atomic E-state index is 0.0597. The Balaban J connectivity index is 2.20. The van der Waals surface area contributed by atoms with E-state index in [0.29, 0.717) is 0 Å². The van der Waals surface area contributed by atoms with Crippen molar-refractivity contribution in [2.75, 3.05) is 0 Å². The molecule has 0 aliphatic carbocycles. The lowest BCUT2D eigenvalue weighted by Crippen LogP contribution is -2.27. The van der Waals surface area contributed by atoms with Gasteiger partial charge in [-0.15, -0.1) is 0 Å². The number of hydrogen-bond acceptors (Lipinski definition) is 3. The molecular formula is C17H17ClN2O3. The van der Waals surface area contributed by atoms with Crippen LogP contribution in [0.15, 0.2) is 36.4 Å². The number of rotatable bonds is 4. The molecule has 23 heavy (non-hydrogen) atoms. The fraction of sp³-hybridized carbons (Fsp3) is 0.235. The summed E-state index contributed by atoms with van der Waals surface area (Å²) < 4.78 is 0. The highest BCUT2D eigenvalue weighted by Gasteiger charge is 2.18. The molecule has 6 heteroatoms. The molecule has 120 valence electrons. The molecule has 2 aromatic rings. The molecule has 0 radical (unpaired) electrons. The first-order chi connectivity index (χ1) is 10.8. The van der Waals surface area contributed by atoms with Crippen LogP contribution in [0, 0.1) is 24.0 Å². The highest BCUT2D eigenvalue weighted by Crippen LogP contribution is 2.24. The Kier molecular flexibility index (Phi) is 5.01. The number of nitro groups is 1. The normalized spacial score (nSPS) is 11.8. The molecule has 1 N–H and O–H groups in total. The number of amides is 1. The summed E-state index contributed by atoms with van der Waals surface area (Å²) >= 11 is 5.98. The quantitative estimate of drug-likeness (QED) is 0.668. The van der Waals surface area contributed by atoms with E-state index < -0.39 is 4.92 Å². The highest BCUT2D eigenvalue weighted by molar-refractivity contribution is 6.34. The van der Waals surface area contributed by atoms with Crippen LogP contribution >= 0.6 is 11.6 Å². The summed E-state index contributed by atoms with van der Waals surface area (Å²) in [6.07, 6.45) is 0. The lowest BCUT2D eigenvalue weighted by atomic mass is 10.00. The number of halogens is 1. The van der Waals surface area contributed by atoms with Gasteiger partial charge in [-0.3, -0.25) is 14.9 Å². The van der Waals surface area contributed by atoms with Crippen molar-refractivity contribution in [1.29, 1.82) is 0 Å². The summed E-state index contributed by atoms with van der Waals surface area (Å²) in [5.41, 5.74) is 3.33. The molecule has 0 spiro atoms. The monoisotopic (exact) mass is 332 g/mol. The Bertz CT molecular complexity index is 774. The van der Waals surface area contributed by atoms with Gasteiger partial charge in [-0.2, -0.15) is 0 Å². The second kappa shape index (κ2) is 6.79. The van der Waals surface area contributed by atoms with Gasteiger partial charge in [-0.05, 0) is 38.0 Å². The van der Waals surface area contributed by atoms with E-state index >= 15 is 0 Å². The first kappa shape index (κ1) is 17.0. The molecule has 2 rings (SSSR count). The number of nitro benzene ring substituents is 1. The van der Waals surface area contributed by atoms with Crippen LogP contribution in [0.5, 0.6) is 0 Å². The largest absolute Gasteiger partial charge is 0.345 e. The van der Waals surface area contributed by atoms with Crippen LogP contribution in [0.3, 0.4) is 0 Å². The van der Waals surface area contributed by atoms with Gasteiger partial charge >= 0.3 is 0 Å². The average molecular weight is 333 g/mol. The summed E-state index contributed by atoms with van der Waals surface area (Å²) in [4.78, 5) is 22.5. The number of non-ortho nitro benzene ring substituents is 1. The lowest BCUT2D eigenvalue weighted by molar-refractivity contribution is -0.384. The van der Waals surface area contributed by atoms with Crippen LogP contribution < -0.4 is 5.32 Å². The van der Waals surface area contributed by atoms with E-state index in [-0.39, 0.29) is 28.2 Å². The van der Waals surface area contributed by atoms with Gasteiger partial charge in [0.25, 0.3) is 11.6 Å². The van der Waals surface area contributed by atoms with Crippen LogP contribution in [0.25, 0.3) is 0 Å². The number of benzene rings is 2. The Hall–Kier alpha value is -2.40. The molecule has 1 amide bonds. The van der Waals surface area contributed by atoms with E-state index in [0.717, 1.165) is 16.7 Å². The smallest absolute Gasteiger partial charge is 0.270 e. The topological polar surface area (TPSA) is 72.2 Å². The van der Waals surface area contributed by atoms with E-state index in [9.17, 15) is 14.9 Å². The summed E-state index contributed by atoms with van der Waals surface area (Å²) in [6, 6.07) is 9.63. The summed E-state index contributed by atoms with van der Waals surface area (Å²) in [5, 5.41) is 13.6.